The van der Waals surface area contributed by atoms with Gasteiger partial charge in [0, 0.05) is 49.9 Å². The van der Waals surface area contributed by atoms with Gasteiger partial charge in [0.05, 0.1) is 18.8 Å². The number of carbonyl (C=O) groups excluding carboxylic acids is 1. The molecular formula is C34H32F5N3O4. The van der Waals surface area contributed by atoms with Crippen molar-refractivity contribution in [3.8, 4) is 0 Å². The molecule has 0 spiro atoms. The van der Waals surface area contributed by atoms with Crippen LogP contribution in [0, 0.1) is 29.1 Å². The summed E-state index contributed by atoms with van der Waals surface area (Å²) in [4.78, 5) is 18.9. The van der Waals surface area contributed by atoms with E-state index in [0.717, 1.165) is 29.8 Å². The Morgan fingerprint density at radius 1 is 0.870 bits per heavy atom. The number of rotatable bonds is 11. The summed E-state index contributed by atoms with van der Waals surface area (Å²) in [6, 6.07) is 20.0. The van der Waals surface area contributed by atoms with E-state index in [9.17, 15) is 31.9 Å². The molecule has 2 heterocycles. The highest BCUT2D eigenvalue weighted by Crippen LogP contribution is 2.38. The van der Waals surface area contributed by atoms with E-state index >= 15 is 0 Å². The first-order valence-corrected chi connectivity index (χ1v) is 14.6. The minimum Gasteiger partial charge on any atom is -0.392 e. The van der Waals surface area contributed by atoms with Crippen LogP contribution in [0.2, 0.25) is 0 Å². The van der Waals surface area contributed by atoms with E-state index in [1.807, 2.05) is 49.5 Å². The molecule has 5 rings (SSSR count). The standard InChI is InChI=1S/C34H32F5N3O4/c1-42(15-13-24-4-2-3-14-40-24)18-25-16-26(22-9-7-21(19-43)8-10-22)46-34(45-25)23-11-5-20(6-12-23)17-41-33(44)27-28(35)30(37)32(39)31(38)29(27)36/h2-12,14,25-26,34,43H,13,15-19H2,1H3,(H,41,44)/t25-,26+,34+/m1/s1. The molecule has 46 heavy (non-hydrogen) atoms. The van der Waals surface area contributed by atoms with Crippen molar-refractivity contribution < 1.29 is 41.3 Å². The van der Waals surface area contributed by atoms with Crippen molar-refractivity contribution in [2.24, 2.45) is 0 Å². The van der Waals surface area contributed by atoms with E-state index in [-0.39, 0.29) is 25.4 Å². The van der Waals surface area contributed by atoms with Gasteiger partial charge in [0.25, 0.3) is 5.91 Å². The number of aliphatic hydroxyl groups is 1. The fourth-order valence-corrected chi connectivity index (χ4v) is 5.19. The summed E-state index contributed by atoms with van der Waals surface area (Å²) < 4.78 is 81.2. The van der Waals surface area contributed by atoms with Gasteiger partial charge in [0.1, 0.15) is 5.56 Å². The van der Waals surface area contributed by atoms with Gasteiger partial charge in [-0.2, -0.15) is 0 Å². The summed E-state index contributed by atoms with van der Waals surface area (Å²) >= 11 is 0. The number of benzene rings is 3. The van der Waals surface area contributed by atoms with Crippen molar-refractivity contribution in [2.75, 3.05) is 20.1 Å². The molecule has 4 aromatic rings. The van der Waals surface area contributed by atoms with Crippen LogP contribution in [0.1, 0.15) is 57.1 Å². The minimum absolute atomic E-state index is 0.0738. The molecule has 1 fully saturated rings. The van der Waals surface area contributed by atoms with Crippen molar-refractivity contribution >= 4 is 5.91 Å². The Morgan fingerprint density at radius 2 is 1.50 bits per heavy atom. The monoisotopic (exact) mass is 641 g/mol. The van der Waals surface area contributed by atoms with Crippen LogP contribution in [0.3, 0.4) is 0 Å². The molecule has 12 heteroatoms. The van der Waals surface area contributed by atoms with Crippen LogP contribution in [0.15, 0.2) is 72.9 Å². The first-order chi connectivity index (χ1) is 22.1. The minimum atomic E-state index is -2.34. The summed E-state index contributed by atoms with van der Waals surface area (Å²) in [5.74, 6) is -12.6. The lowest BCUT2D eigenvalue weighted by molar-refractivity contribution is -0.252. The van der Waals surface area contributed by atoms with Gasteiger partial charge >= 0.3 is 0 Å². The van der Waals surface area contributed by atoms with Crippen molar-refractivity contribution in [1.82, 2.24) is 15.2 Å². The molecule has 0 unspecified atom stereocenters. The molecule has 0 aliphatic carbocycles. The van der Waals surface area contributed by atoms with Crippen molar-refractivity contribution in [3.05, 3.63) is 136 Å². The molecule has 7 nitrogen and oxygen atoms in total. The predicted molar refractivity (Wildman–Crippen MR) is 158 cm³/mol. The average molecular weight is 642 g/mol. The third-order valence-corrected chi connectivity index (χ3v) is 7.75. The van der Waals surface area contributed by atoms with Gasteiger partial charge in [-0.15, -0.1) is 0 Å². The quantitative estimate of drug-likeness (QED) is 0.120. The fourth-order valence-electron chi connectivity index (χ4n) is 5.19. The molecule has 1 aliphatic heterocycles. The van der Waals surface area contributed by atoms with Crippen LogP contribution < -0.4 is 5.32 Å². The summed E-state index contributed by atoms with van der Waals surface area (Å²) in [5, 5.41) is 11.6. The molecule has 1 amide bonds. The molecule has 3 atom stereocenters. The molecule has 1 aliphatic rings. The number of aliphatic hydroxyl groups excluding tert-OH is 1. The van der Waals surface area contributed by atoms with E-state index in [2.05, 4.69) is 15.2 Å². The number of pyridine rings is 1. The highest BCUT2D eigenvalue weighted by atomic mass is 19.2. The first kappa shape index (κ1) is 33.1. The third kappa shape index (κ3) is 7.76. The van der Waals surface area contributed by atoms with E-state index < -0.39 is 46.8 Å². The number of hydrogen-bond acceptors (Lipinski definition) is 6. The highest BCUT2D eigenvalue weighted by molar-refractivity contribution is 5.94. The van der Waals surface area contributed by atoms with Crippen molar-refractivity contribution in [2.45, 2.75) is 44.5 Å². The van der Waals surface area contributed by atoms with Crippen molar-refractivity contribution in [1.29, 1.82) is 0 Å². The van der Waals surface area contributed by atoms with Gasteiger partial charge in [-0.1, -0.05) is 54.6 Å². The number of aromatic nitrogens is 1. The van der Waals surface area contributed by atoms with E-state index in [1.54, 1.807) is 30.5 Å². The molecule has 1 aromatic heterocycles. The SMILES string of the molecule is CN(CCc1ccccn1)C[C@H]1C[C@@H](c2ccc(CO)cc2)O[C@@H](c2ccc(CNC(=O)c3c(F)c(F)c(F)c(F)c3F)cc2)O1. The second-order valence-corrected chi connectivity index (χ2v) is 11.1. The fraction of sp³-hybridized carbons (Fsp3) is 0.294. The lowest BCUT2D eigenvalue weighted by Gasteiger charge is -2.38. The Hall–Kier alpha value is -4.23. The lowest BCUT2D eigenvalue weighted by Crippen LogP contribution is -2.38. The predicted octanol–water partition coefficient (Wildman–Crippen LogP) is 5.92. The molecular weight excluding hydrogens is 609 g/mol. The van der Waals surface area contributed by atoms with Gasteiger partial charge in [-0.05, 0) is 35.9 Å². The number of amides is 1. The van der Waals surface area contributed by atoms with E-state index in [1.165, 1.54) is 0 Å². The zero-order valence-electron chi connectivity index (χ0n) is 24.9. The molecule has 0 radical (unpaired) electrons. The number of nitrogens with one attached hydrogen (secondary N) is 1. The number of carbonyl (C=O) groups is 1. The lowest BCUT2D eigenvalue weighted by atomic mass is 9.99. The Balaban J connectivity index is 1.27. The van der Waals surface area contributed by atoms with Crippen LogP contribution in [0.25, 0.3) is 0 Å². The molecule has 242 valence electrons. The van der Waals surface area contributed by atoms with Crippen molar-refractivity contribution in [3.63, 3.8) is 0 Å². The van der Waals surface area contributed by atoms with Crippen LogP contribution in [-0.2, 0) is 29.0 Å². The largest absolute Gasteiger partial charge is 0.392 e. The van der Waals surface area contributed by atoms with Crippen LogP contribution in [-0.4, -0.2) is 47.1 Å². The van der Waals surface area contributed by atoms with Crippen LogP contribution >= 0.6 is 0 Å². The van der Waals surface area contributed by atoms with Crippen LogP contribution in [0.4, 0.5) is 22.0 Å². The second-order valence-electron chi connectivity index (χ2n) is 11.1. The number of ether oxygens (including phenoxy) is 2. The van der Waals surface area contributed by atoms with Gasteiger partial charge < -0.3 is 24.8 Å². The van der Waals surface area contributed by atoms with Gasteiger partial charge in [0.15, 0.2) is 29.6 Å². The molecule has 0 saturated carbocycles. The maximum Gasteiger partial charge on any atom is 0.257 e. The summed E-state index contributed by atoms with van der Waals surface area (Å²) in [5.41, 5.74) is 2.32. The number of nitrogens with zero attached hydrogens (tertiary/aromatic N) is 2. The first-order valence-electron chi connectivity index (χ1n) is 14.6. The van der Waals surface area contributed by atoms with Gasteiger partial charge in [0.2, 0.25) is 5.82 Å². The van der Waals surface area contributed by atoms with Gasteiger partial charge in [-0.3, -0.25) is 9.78 Å². The molecule has 0 bridgehead atoms. The van der Waals surface area contributed by atoms with Gasteiger partial charge in [-0.25, -0.2) is 22.0 Å². The number of halogens is 5. The Labute approximate surface area is 262 Å². The third-order valence-electron chi connectivity index (χ3n) is 7.75. The second kappa shape index (κ2) is 14.9. The number of likely N-dealkylation sites (N-methyl/N-ethyl adjacent to an activating group) is 1. The maximum absolute atomic E-state index is 14.0. The molecule has 3 aromatic carbocycles. The summed E-state index contributed by atoms with van der Waals surface area (Å²) in [7, 11) is 2.01. The van der Waals surface area contributed by atoms with E-state index in [4.69, 9.17) is 9.47 Å². The average Bonchev–Trinajstić information content (AvgIpc) is 3.08. The highest BCUT2D eigenvalue weighted by Gasteiger charge is 2.33. The maximum atomic E-state index is 14.0. The Morgan fingerprint density at radius 3 is 2.13 bits per heavy atom. The Kier molecular flexibility index (Phi) is 10.7. The molecule has 2 N–H and O–H groups in total. The smallest absolute Gasteiger partial charge is 0.257 e. The summed E-state index contributed by atoms with van der Waals surface area (Å²) in [6.45, 7) is 1.08. The number of hydrogen-bond donors (Lipinski definition) is 2. The van der Waals surface area contributed by atoms with E-state index in [0.29, 0.717) is 24.1 Å². The normalized spacial score (nSPS) is 18.1. The zero-order chi connectivity index (χ0) is 32.8. The van der Waals surface area contributed by atoms with Crippen LogP contribution in [0.5, 0.6) is 0 Å². The topological polar surface area (TPSA) is 83.9 Å². The summed E-state index contributed by atoms with van der Waals surface area (Å²) in [6.07, 6.45) is 1.88. The zero-order valence-corrected chi connectivity index (χ0v) is 24.9. The molecule has 1 saturated heterocycles. The Bertz CT molecular complexity index is 1610.